The fourth-order valence-electron chi connectivity index (χ4n) is 1.74. The maximum absolute atomic E-state index is 12.3. The first-order valence-corrected chi connectivity index (χ1v) is 6.70. The first-order valence-electron chi connectivity index (χ1n) is 5.44. The average molecular weight is 271 g/mol. The van der Waals surface area contributed by atoms with Crippen LogP contribution in [0.2, 0.25) is 0 Å². The first-order chi connectivity index (χ1) is 8.75. The van der Waals surface area contributed by atoms with Gasteiger partial charge in [-0.3, -0.25) is 4.79 Å². The van der Waals surface area contributed by atoms with Gasteiger partial charge in [0.15, 0.2) is 5.01 Å². The minimum atomic E-state index is -0.0375. The van der Waals surface area contributed by atoms with E-state index in [0.29, 0.717) is 10.6 Å². The van der Waals surface area contributed by atoms with Gasteiger partial charge in [0.05, 0.1) is 10.2 Å². The molecule has 0 amide bonds. The van der Waals surface area contributed by atoms with E-state index in [1.54, 1.807) is 12.1 Å². The predicted molar refractivity (Wildman–Crippen MR) is 76.7 cm³/mol. The lowest BCUT2D eigenvalue weighted by Crippen LogP contribution is -1.99. The Bertz CT molecular complexity index is 719. The van der Waals surface area contributed by atoms with Crippen molar-refractivity contribution in [2.24, 2.45) is 0 Å². The summed E-state index contributed by atoms with van der Waals surface area (Å²) in [5.74, 6) is -0.0375. The Labute approximate surface area is 114 Å². The molecule has 1 aromatic heterocycles. The molecule has 2 nitrogen and oxygen atoms in total. The van der Waals surface area contributed by atoms with Crippen molar-refractivity contribution in [2.75, 3.05) is 0 Å². The zero-order chi connectivity index (χ0) is 12.5. The van der Waals surface area contributed by atoms with Crippen LogP contribution in [0.4, 0.5) is 0 Å². The summed E-state index contributed by atoms with van der Waals surface area (Å²) in [4.78, 5) is 17.4. The van der Waals surface area contributed by atoms with Gasteiger partial charge in [-0.15, -0.1) is 24.0 Å². The molecule has 0 saturated carbocycles. The second-order valence-electron chi connectivity index (χ2n) is 3.84. The second kappa shape index (κ2) is 4.55. The van der Waals surface area contributed by atoms with Crippen LogP contribution in [-0.4, -0.2) is 10.8 Å². The lowest BCUT2D eigenvalue weighted by atomic mass is 10.1. The van der Waals surface area contributed by atoms with Crippen LogP contribution in [0.3, 0.4) is 0 Å². The third-order valence-electron chi connectivity index (χ3n) is 2.63. The van der Waals surface area contributed by atoms with Gasteiger partial charge in [-0.05, 0) is 12.1 Å². The molecule has 0 atom stereocenters. The van der Waals surface area contributed by atoms with E-state index in [1.165, 1.54) is 11.3 Å². The highest BCUT2D eigenvalue weighted by molar-refractivity contribution is 7.80. The number of hydrogen-bond donors (Lipinski definition) is 1. The van der Waals surface area contributed by atoms with Gasteiger partial charge < -0.3 is 0 Å². The minimum Gasteiger partial charge on any atom is -0.286 e. The van der Waals surface area contributed by atoms with Gasteiger partial charge in [-0.2, -0.15) is 0 Å². The molecule has 1 heterocycles. The zero-order valence-corrected chi connectivity index (χ0v) is 11.0. The summed E-state index contributed by atoms with van der Waals surface area (Å²) < 4.78 is 0.988. The molecule has 0 saturated heterocycles. The fraction of sp³-hybridized carbons (Fsp3) is 0. The van der Waals surface area contributed by atoms with Crippen LogP contribution in [0.1, 0.15) is 15.4 Å². The number of carbonyl (C=O) groups excluding carboxylic acids is 1. The van der Waals surface area contributed by atoms with Crippen molar-refractivity contribution in [2.45, 2.75) is 4.90 Å². The monoisotopic (exact) mass is 271 g/mol. The lowest BCUT2D eigenvalue weighted by molar-refractivity contribution is 0.103. The summed E-state index contributed by atoms with van der Waals surface area (Å²) in [6.45, 7) is 0. The van der Waals surface area contributed by atoms with Crippen LogP contribution in [0.15, 0.2) is 53.4 Å². The molecule has 0 bridgehead atoms. The smallest absolute Gasteiger partial charge is 0.221 e. The highest BCUT2D eigenvalue weighted by atomic mass is 32.1. The summed E-state index contributed by atoms with van der Waals surface area (Å²) in [5.41, 5.74) is 1.46. The van der Waals surface area contributed by atoms with E-state index in [-0.39, 0.29) is 5.78 Å². The highest BCUT2D eigenvalue weighted by Crippen LogP contribution is 2.28. The number of thiazole rings is 1. The van der Waals surface area contributed by atoms with Crippen LogP contribution in [-0.2, 0) is 0 Å². The Morgan fingerprint density at radius 2 is 1.83 bits per heavy atom. The minimum absolute atomic E-state index is 0.0375. The van der Waals surface area contributed by atoms with E-state index in [2.05, 4.69) is 17.6 Å². The largest absolute Gasteiger partial charge is 0.286 e. The lowest BCUT2D eigenvalue weighted by Gasteiger charge is -1.94. The second-order valence-corrected chi connectivity index (χ2v) is 5.35. The van der Waals surface area contributed by atoms with Crippen molar-refractivity contribution in [3.63, 3.8) is 0 Å². The molecule has 3 aromatic rings. The van der Waals surface area contributed by atoms with E-state index in [4.69, 9.17) is 0 Å². The van der Waals surface area contributed by atoms with E-state index in [1.807, 2.05) is 36.4 Å². The number of ketones is 1. The van der Waals surface area contributed by atoms with Crippen molar-refractivity contribution in [1.82, 2.24) is 4.98 Å². The van der Waals surface area contributed by atoms with Gasteiger partial charge in [-0.25, -0.2) is 4.98 Å². The summed E-state index contributed by atoms with van der Waals surface area (Å²) >= 11 is 5.76. The van der Waals surface area contributed by atoms with E-state index >= 15 is 0 Å². The molecule has 0 spiro atoms. The van der Waals surface area contributed by atoms with Gasteiger partial charge in [0, 0.05) is 10.5 Å². The quantitative estimate of drug-likeness (QED) is 0.567. The third-order valence-corrected chi connectivity index (χ3v) is 4.01. The molecule has 0 fully saturated rings. The Morgan fingerprint density at radius 1 is 1.06 bits per heavy atom. The van der Waals surface area contributed by atoms with Crippen LogP contribution in [0.25, 0.3) is 10.2 Å². The normalized spacial score (nSPS) is 10.7. The molecule has 4 heteroatoms. The van der Waals surface area contributed by atoms with Crippen molar-refractivity contribution >= 4 is 40.0 Å². The molecule has 0 unspecified atom stereocenters. The Hall–Kier alpha value is -1.65. The van der Waals surface area contributed by atoms with E-state index < -0.39 is 0 Å². The summed E-state index contributed by atoms with van der Waals surface area (Å²) in [6, 6.07) is 14.9. The Kier molecular flexibility index (Phi) is 2.89. The molecule has 0 N–H and O–H groups in total. The van der Waals surface area contributed by atoms with Gasteiger partial charge >= 0.3 is 0 Å². The summed E-state index contributed by atoms with van der Waals surface area (Å²) in [6.07, 6.45) is 0. The number of hydrogen-bond acceptors (Lipinski definition) is 4. The summed E-state index contributed by atoms with van der Waals surface area (Å²) in [7, 11) is 0. The topological polar surface area (TPSA) is 30.0 Å². The molecule has 0 aliphatic rings. The molecule has 0 aliphatic carbocycles. The van der Waals surface area contributed by atoms with Crippen LogP contribution < -0.4 is 0 Å². The third kappa shape index (κ3) is 1.94. The Balaban J connectivity index is 2.10. The van der Waals surface area contributed by atoms with Crippen LogP contribution >= 0.6 is 24.0 Å². The van der Waals surface area contributed by atoms with Crippen molar-refractivity contribution < 1.29 is 4.79 Å². The van der Waals surface area contributed by atoms with Crippen molar-refractivity contribution in [3.8, 4) is 0 Å². The Morgan fingerprint density at radius 3 is 2.56 bits per heavy atom. The summed E-state index contributed by atoms with van der Waals surface area (Å²) in [5, 5.41) is 0.512. The fourth-order valence-corrected chi connectivity index (χ4v) is 3.03. The number of fused-ring (bicyclic) bond motifs is 1. The molecular formula is C14H9NOS2. The molecule has 0 aliphatic heterocycles. The van der Waals surface area contributed by atoms with Gasteiger partial charge in [0.1, 0.15) is 0 Å². The maximum Gasteiger partial charge on any atom is 0.221 e. The van der Waals surface area contributed by atoms with Crippen LogP contribution in [0.5, 0.6) is 0 Å². The van der Waals surface area contributed by atoms with Crippen molar-refractivity contribution in [3.05, 3.63) is 59.1 Å². The number of thiol groups is 1. The van der Waals surface area contributed by atoms with Gasteiger partial charge in [0.2, 0.25) is 5.78 Å². The standard InChI is InChI=1S/C14H9NOS2/c16-13(9-5-2-1-3-6-9)14-15-12-10(17)7-4-8-11(12)18-14/h1-8,17H. The molecule has 18 heavy (non-hydrogen) atoms. The molecule has 88 valence electrons. The first kappa shape index (κ1) is 11.4. The maximum atomic E-state index is 12.3. The average Bonchev–Trinajstić information content (AvgIpc) is 2.84. The number of carbonyl (C=O) groups is 1. The van der Waals surface area contributed by atoms with E-state index in [0.717, 1.165) is 15.1 Å². The van der Waals surface area contributed by atoms with Gasteiger partial charge in [-0.1, -0.05) is 36.4 Å². The highest BCUT2D eigenvalue weighted by Gasteiger charge is 2.14. The number of benzene rings is 2. The molecule has 3 rings (SSSR count). The van der Waals surface area contributed by atoms with Crippen molar-refractivity contribution in [1.29, 1.82) is 0 Å². The van der Waals surface area contributed by atoms with Crippen LogP contribution in [0, 0.1) is 0 Å². The molecule has 2 aromatic carbocycles. The number of rotatable bonds is 2. The number of para-hydroxylation sites is 1. The SMILES string of the molecule is O=C(c1ccccc1)c1nc2c(S)cccc2s1. The van der Waals surface area contributed by atoms with Gasteiger partial charge in [0.25, 0.3) is 0 Å². The molecular weight excluding hydrogens is 262 g/mol. The zero-order valence-electron chi connectivity index (χ0n) is 9.33. The van der Waals surface area contributed by atoms with E-state index in [9.17, 15) is 4.79 Å². The molecule has 0 radical (unpaired) electrons. The number of aromatic nitrogens is 1. The number of nitrogens with zero attached hydrogens (tertiary/aromatic N) is 1. The predicted octanol–water partition coefficient (Wildman–Crippen LogP) is 3.82.